The summed E-state index contributed by atoms with van der Waals surface area (Å²) < 4.78 is 88.3. The number of hydrogen-bond acceptors (Lipinski definition) is 15. The summed E-state index contributed by atoms with van der Waals surface area (Å²) in [7, 11) is 0. The van der Waals surface area contributed by atoms with E-state index >= 15 is 0 Å². The van der Waals surface area contributed by atoms with E-state index in [1.807, 2.05) is 45.9 Å². The smallest absolute Gasteiger partial charge is 0.471 e. The second-order valence-electron chi connectivity index (χ2n) is 34.3. The molecule has 9 atom stereocenters. The Morgan fingerprint density at radius 2 is 0.752 bits per heavy atom. The van der Waals surface area contributed by atoms with E-state index in [0.29, 0.717) is 41.3 Å². The van der Waals surface area contributed by atoms with Crippen molar-refractivity contribution >= 4 is 187 Å². The van der Waals surface area contributed by atoms with Crippen LogP contribution in [0.3, 0.4) is 0 Å². The van der Waals surface area contributed by atoms with E-state index < -0.39 is 119 Å². The number of aldehydes is 1. The number of amides is 9. The van der Waals surface area contributed by atoms with Crippen molar-refractivity contribution in [1.29, 1.82) is 0 Å². The number of alkyl carbamates (subject to hydrolysis) is 2. The summed E-state index contributed by atoms with van der Waals surface area (Å²) in [6.07, 6.45) is -12.9. The van der Waals surface area contributed by atoms with Crippen LogP contribution in [-0.2, 0) is 52.6 Å². The molecule has 3 saturated heterocycles. The standard InChI is InChI=1S/2C16H17Cl2F3N2O2.C14H18Cl2N2O.C14H20N2O3.C9H10Cl2N2O.C8H15NO4.C5H10O/c2*1-8-12(24)23(11-6-9(17)5-10(18)7-11)13(15(2,3)4)22(8)14(25)16(19,20)21;1-8-12(19)18(13(17-8)14(2,3)4)11-6-9(15)5-10(16)7-11;1-10(15-13(18)19-14(2,3)4)12(17)16-11-8-6-5-7-9-11;1-5(12)9(14)13-8-3-6(10)2-7(11)4-8;1-5(6(10)11)9-7(12)13-8(2,3)4;1-5(2,3)4-6/h2*5-8,13H,1-4H3;5-8,13,17H,1-4H3;5-10H,1-4H3,(H,15,18)(H,16,17);2-5H,12H2,1H3,(H,13,14);5H,1-4H3,(H,9,12)(H,10,11);4H,1-3H3/t3*8-,13+;10-;2*5-;/m111111./s1. The first-order chi connectivity index (χ1) is 54.7. The number of nitrogens with one attached hydrogen (secondary N) is 5. The van der Waals surface area contributed by atoms with Gasteiger partial charge in [0.1, 0.15) is 54.0 Å². The van der Waals surface area contributed by atoms with Crippen molar-refractivity contribution in [2.45, 2.75) is 244 Å². The van der Waals surface area contributed by atoms with Crippen LogP contribution in [0.25, 0.3) is 0 Å². The van der Waals surface area contributed by atoms with Crippen molar-refractivity contribution in [2.24, 2.45) is 27.4 Å². The number of benzene rings is 5. The number of carboxylic acid groups (broad SMARTS) is 1. The van der Waals surface area contributed by atoms with E-state index in [1.54, 1.807) is 150 Å². The van der Waals surface area contributed by atoms with Crippen LogP contribution in [0.4, 0.5) is 64.4 Å². The highest BCUT2D eigenvalue weighted by Gasteiger charge is 2.59. The molecule has 3 heterocycles. The van der Waals surface area contributed by atoms with Gasteiger partial charge >= 0.3 is 42.3 Å². The fraction of sp³-hybridized carbons (Fsp3) is 0.500. The molecule has 39 heteroatoms. The van der Waals surface area contributed by atoms with Gasteiger partial charge < -0.3 is 56.2 Å². The number of carbonyl (C=O) groups excluding carboxylic acids is 10. The van der Waals surface area contributed by atoms with Crippen molar-refractivity contribution < 1.29 is 93.7 Å². The van der Waals surface area contributed by atoms with Gasteiger partial charge in [0.05, 0.1) is 18.2 Å². The summed E-state index contributed by atoms with van der Waals surface area (Å²) in [5, 5.41) is 24.7. The van der Waals surface area contributed by atoms with Gasteiger partial charge in [0.25, 0.3) is 11.8 Å². The topological polar surface area (TPSA) is 329 Å². The average Bonchev–Trinajstić information content (AvgIpc) is 1.59. The number of nitrogens with zero attached hydrogens (tertiary/aromatic N) is 5. The second kappa shape index (κ2) is 44.5. The highest BCUT2D eigenvalue weighted by atomic mass is 35.5. The zero-order valence-corrected chi connectivity index (χ0v) is 77.5. The third-order valence-electron chi connectivity index (χ3n) is 16.2. The van der Waals surface area contributed by atoms with Gasteiger partial charge in [-0.3, -0.25) is 58.4 Å². The molecule has 3 fully saturated rings. The molecule has 8 N–H and O–H groups in total. The molecule has 0 spiro atoms. The first-order valence-electron chi connectivity index (χ1n) is 37.2. The van der Waals surface area contributed by atoms with E-state index in [9.17, 15) is 79.1 Å². The SMILES string of the molecule is CC(C)(C)C=O.C[C@@H](N)C(=O)Nc1cc(Cl)cc(Cl)c1.C[C@@H](NC(=O)OC(C)(C)C)C(=O)Nc1ccccc1.C[C@@H](NC(=O)OC(C)(C)C)C(=O)O.C[C@@H]1C(=O)N(c2cc(Cl)cc(Cl)c2)[C@@H](C(C)(C)C)N1C(=O)C(F)(F)F.C[C@@H]1C(=O)N(c2cc(Cl)cc(Cl)c2)[C@@H](C(C)(C)C)N1C(=O)C(F)(F)F.C[C@H]1N[C@H](C(C)(C)C)N(c2cc(Cl)cc(Cl)c2)C1=O. The molecule has 9 amide bonds. The van der Waals surface area contributed by atoms with E-state index in [-0.39, 0.29) is 72.2 Å². The summed E-state index contributed by atoms with van der Waals surface area (Å²) in [5.41, 5.74) is 4.71. The van der Waals surface area contributed by atoms with Crippen LogP contribution in [0.5, 0.6) is 0 Å². The molecule has 5 aromatic carbocycles. The zero-order chi connectivity index (χ0) is 94.0. The average molecular weight is 1870 g/mol. The fourth-order valence-corrected chi connectivity index (χ4v) is 13.1. The van der Waals surface area contributed by atoms with Crippen LogP contribution in [0.1, 0.15) is 166 Å². The van der Waals surface area contributed by atoms with Crippen LogP contribution in [0.15, 0.2) is 103 Å². The largest absolute Gasteiger partial charge is 0.480 e. The Hall–Kier alpha value is -8.11. The minimum atomic E-state index is -5.08. The Morgan fingerprint density at radius 3 is 1.02 bits per heavy atom. The molecule has 0 radical (unpaired) electrons. The number of halogens is 14. The lowest BCUT2D eigenvalue weighted by molar-refractivity contribution is -0.190. The quantitative estimate of drug-likeness (QED) is 0.0505. The highest BCUT2D eigenvalue weighted by molar-refractivity contribution is 6.37. The maximum absolute atomic E-state index is 13.1. The predicted octanol–water partition coefficient (Wildman–Crippen LogP) is 19.7. The number of nitrogens with two attached hydrogens (primary N) is 1. The Kier molecular flexibility index (Phi) is 40.0. The van der Waals surface area contributed by atoms with Gasteiger partial charge in [-0.2, -0.15) is 26.3 Å². The molecule has 121 heavy (non-hydrogen) atoms. The Labute approximate surface area is 742 Å². The number of hydrogen-bond donors (Lipinski definition) is 7. The molecule has 3 aliphatic heterocycles. The number of rotatable bonds is 10. The lowest BCUT2D eigenvalue weighted by Crippen LogP contribution is -2.55. The number of aliphatic carboxylic acids is 1. The zero-order valence-electron chi connectivity index (χ0n) is 71.4. The van der Waals surface area contributed by atoms with Crippen LogP contribution < -0.4 is 47.0 Å². The molecule has 0 unspecified atom stereocenters. The maximum Gasteiger partial charge on any atom is 0.471 e. The summed E-state index contributed by atoms with van der Waals surface area (Å²) in [4.78, 5) is 133. The van der Waals surface area contributed by atoms with Gasteiger partial charge in [-0.15, -0.1) is 0 Å². The van der Waals surface area contributed by atoms with Gasteiger partial charge in [0, 0.05) is 84.9 Å². The molecule has 0 aliphatic carbocycles. The molecular weight excluding hydrogens is 1760 g/mol. The van der Waals surface area contributed by atoms with E-state index in [1.165, 1.54) is 57.2 Å². The molecule has 0 aromatic heterocycles. The minimum Gasteiger partial charge on any atom is -0.480 e. The number of carboxylic acids is 1. The molecule has 0 bridgehead atoms. The van der Waals surface area contributed by atoms with Crippen LogP contribution in [0, 0.1) is 21.7 Å². The fourth-order valence-electron chi connectivity index (χ4n) is 11.0. The van der Waals surface area contributed by atoms with Crippen molar-refractivity contribution in [2.75, 3.05) is 25.3 Å². The number of alkyl halides is 6. The van der Waals surface area contributed by atoms with E-state index in [4.69, 9.17) is 113 Å². The molecule has 672 valence electrons. The second-order valence-corrected chi connectivity index (χ2v) is 37.8. The van der Waals surface area contributed by atoms with Crippen molar-refractivity contribution in [3.05, 3.63) is 143 Å². The Bertz CT molecular complexity index is 4270. The lowest BCUT2D eigenvalue weighted by atomic mass is 9.90. The summed E-state index contributed by atoms with van der Waals surface area (Å²) in [6.45, 7) is 41.2. The Morgan fingerprint density at radius 1 is 0.455 bits per heavy atom. The summed E-state index contributed by atoms with van der Waals surface area (Å²) in [6, 6.07) is 22.7. The van der Waals surface area contributed by atoms with E-state index in [0.717, 1.165) is 21.8 Å². The first kappa shape index (κ1) is 109. The number of carbonyl (C=O) groups is 11. The van der Waals surface area contributed by atoms with Gasteiger partial charge in [-0.25, -0.2) is 9.59 Å². The molecule has 8 rings (SSSR count). The molecule has 5 aromatic rings. The molecule has 0 saturated carbocycles. The number of anilines is 5. The summed E-state index contributed by atoms with van der Waals surface area (Å²) >= 11 is 47.4. The maximum atomic E-state index is 13.1. The van der Waals surface area contributed by atoms with Gasteiger partial charge in [-0.1, -0.05) is 194 Å². The lowest BCUT2D eigenvalue weighted by Gasteiger charge is -2.40. The first-order valence-corrected chi connectivity index (χ1v) is 40.3. The van der Waals surface area contributed by atoms with Gasteiger partial charge in [0.15, 0.2) is 0 Å². The van der Waals surface area contributed by atoms with Crippen molar-refractivity contribution in [3.63, 3.8) is 0 Å². The van der Waals surface area contributed by atoms with Gasteiger partial charge in [0.2, 0.25) is 17.7 Å². The Balaban J connectivity index is 0.000000492. The number of para-hydroxylation sites is 1. The third kappa shape index (κ3) is 35.6. The summed E-state index contributed by atoms with van der Waals surface area (Å²) in [5.74, 6) is -6.98. The molecule has 3 aliphatic rings. The predicted molar refractivity (Wildman–Crippen MR) is 464 cm³/mol. The van der Waals surface area contributed by atoms with Gasteiger partial charge in [-0.05, 0) is 173 Å². The van der Waals surface area contributed by atoms with Crippen LogP contribution in [-0.4, -0.2) is 159 Å². The van der Waals surface area contributed by atoms with Crippen molar-refractivity contribution in [1.82, 2.24) is 25.8 Å². The van der Waals surface area contributed by atoms with E-state index in [2.05, 4.69) is 47.4 Å². The third-order valence-corrected chi connectivity index (χ3v) is 17.9. The minimum absolute atomic E-state index is 0.0401. The number of ether oxygens (including phenoxy) is 2. The van der Waals surface area contributed by atoms with Crippen molar-refractivity contribution in [3.8, 4) is 0 Å². The highest BCUT2D eigenvalue weighted by Crippen LogP contribution is 2.44. The normalized spacial score (nSPS) is 18.2. The van der Waals surface area contributed by atoms with Crippen LogP contribution in [0.2, 0.25) is 40.2 Å². The monoisotopic (exact) mass is 1860 g/mol. The molecular formula is C82H107Cl8F6N11O14. The molecule has 25 nitrogen and oxygen atoms in total. The van der Waals surface area contributed by atoms with Crippen LogP contribution >= 0.6 is 92.8 Å².